The van der Waals surface area contributed by atoms with Gasteiger partial charge in [0.2, 0.25) is 15.9 Å². The number of thioether (sulfide) groups is 1. The number of nitrogens with one attached hydrogen (secondary N) is 1. The summed E-state index contributed by atoms with van der Waals surface area (Å²) < 4.78 is 38.7. The van der Waals surface area contributed by atoms with Crippen LogP contribution in [0.5, 0.6) is 0 Å². The summed E-state index contributed by atoms with van der Waals surface area (Å²) in [5.74, 6) is -0.328. The van der Waals surface area contributed by atoms with Gasteiger partial charge >= 0.3 is 0 Å². The molecule has 0 aliphatic carbocycles. The van der Waals surface area contributed by atoms with Gasteiger partial charge in [-0.2, -0.15) is 0 Å². The van der Waals surface area contributed by atoms with Crippen molar-refractivity contribution < 1.29 is 17.6 Å². The van der Waals surface area contributed by atoms with E-state index in [4.69, 9.17) is 0 Å². The number of piperidine rings is 1. The van der Waals surface area contributed by atoms with Gasteiger partial charge in [-0.15, -0.1) is 11.8 Å². The van der Waals surface area contributed by atoms with Crippen LogP contribution >= 0.6 is 11.8 Å². The standard InChI is InChI=1S/C20H23FN2O3S2/c1-28(25,26)22-17-11-13-23(14-12-17)20(24)19(15-5-3-2-4-6-15)27-18-9-7-16(21)8-10-18/h2-10,17,19,22H,11-14H2,1H3. The number of hydrogen-bond donors (Lipinski definition) is 1. The van der Waals surface area contributed by atoms with Gasteiger partial charge in [-0.05, 0) is 42.7 Å². The highest BCUT2D eigenvalue weighted by Gasteiger charge is 2.30. The molecule has 1 aliphatic rings. The van der Waals surface area contributed by atoms with Crippen LogP contribution in [0.3, 0.4) is 0 Å². The van der Waals surface area contributed by atoms with Crippen LogP contribution in [0.15, 0.2) is 59.5 Å². The minimum atomic E-state index is -3.25. The molecule has 150 valence electrons. The van der Waals surface area contributed by atoms with Gasteiger partial charge in [0.1, 0.15) is 11.1 Å². The number of halogens is 1. The van der Waals surface area contributed by atoms with Crippen molar-refractivity contribution >= 4 is 27.7 Å². The van der Waals surface area contributed by atoms with Crippen molar-refractivity contribution in [2.24, 2.45) is 0 Å². The minimum Gasteiger partial charge on any atom is -0.341 e. The maximum atomic E-state index is 13.3. The molecule has 1 unspecified atom stereocenters. The highest BCUT2D eigenvalue weighted by molar-refractivity contribution is 8.00. The molecule has 2 aromatic carbocycles. The smallest absolute Gasteiger partial charge is 0.240 e. The number of likely N-dealkylation sites (tertiary alicyclic amines) is 1. The Hall–Kier alpha value is -1.90. The quantitative estimate of drug-likeness (QED) is 0.726. The molecule has 1 saturated heterocycles. The summed E-state index contributed by atoms with van der Waals surface area (Å²) in [5, 5.41) is -0.439. The van der Waals surface area contributed by atoms with E-state index in [2.05, 4.69) is 4.72 Å². The molecule has 0 saturated carbocycles. The fourth-order valence-electron chi connectivity index (χ4n) is 3.22. The zero-order valence-electron chi connectivity index (χ0n) is 15.5. The summed E-state index contributed by atoms with van der Waals surface area (Å²) >= 11 is 1.39. The third kappa shape index (κ3) is 5.80. The molecule has 1 atom stereocenters. The lowest BCUT2D eigenvalue weighted by Gasteiger charge is -2.34. The Morgan fingerprint density at radius 1 is 1.11 bits per heavy atom. The van der Waals surface area contributed by atoms with Crippen LogP contribution in [-0.4, -0.2) is 44.6 Å². The van der Waals surface area contributed by atoms with Crippen molar-refractivity contribution in [3.8, 4) is 0 Å². The van der Waals surface area contributed by atoms with Gasteiger partial charge in [-0.3, -0.25) is 4.79 Å². The van der Waals surface area contributed by atoms with E-state index in [-0.39, 0.29) is 17.8 Å². The molecule has 0 bridgehead atoms. The molecule has 1 aliphatic heterocycles. The third-order valence-corrected chi connectivity index (χ3v) is 6.60. The van der Waals surface area contributed by atoms with Crippen molar-refractivity contribution in [3.05, 3.63) is 66.0 Å². The molecule has 1 fully saturated rings. The summed E-state index contributed by atoms with van der Waals surface area (Å²) in [5.41, 5.74) is 0.887. The monoisotopic (exact) mass is 422 g/mol. The topological polar surface area (TPSA) is 66.5 Å². The molecule has 28 heavy (non-hydrogen) atoms. The molecule has 0 aromatic heterocycles. The van der Waals surface area contributed by atoms with E-state index in [1.165, 1.54) is 23.9 Å². The summed E-state index contributed by atoms with van der Waals surface area (Å²) in [4.78, 5) is 15.9. The fourth-order valence-corrected chi connectivity index (χ4v) is 5.17. The van der Waals surface area contributed by atoms with Crippen LogP contribution in [0.1, 0.15) is 23.7 Å². The average Bonchev–Trinajstić information content (AvgIpc) is 2.67. The first-order chi connectivity index (χ1) is 13.3. The van der Waals surface area contributed by atoms with Crippen LogP contribution in [0.4, 0.5) is 4.39 Å². The normalized spacial score (nSPS) is 16.7. The zero-order chi connectivity index (χ0) is 20.1. The Labute approximate surface area is 169 Å². The highest BCUT2D eigenvalue weighted by atomic mass is 32.2. The van der Waals surface area contributed by atoms with E-state index in [0.717, 1.165) is 16.7 Å². The van der Waals surface area contributed by atoms with Gasteiger partial charge in [0, 0.05) is 24.0 Å². The lowest BCUT2D eigenvalue weighted by molar-refractivity contribution is -0.131. The molecule has 5 nitrogen and oxygen atoms in total. The maximum absolute atomic E-state index is 13.3. The van der Waals surface area contributed by atoms with Crippen molar-refractivity contribution in [3.63, 3.8) is 0 Å². The second-order valence-electron chi connectivity index (χ2n) is 6.85. The number of amides is 1. The number of hydrogen-bond acceptors (Lipinski definition) is 4. The number of rotatable bonds is 6. The molecule has 0 spiro atoms. The maximum Gasteiger partial charge on any atom is 0.240 e. The van der Waals surface area contributed by atoms with Gasteiger partial charge < -0.3 is 4.90 Å². The SMILES string of the molecule is CS(=O)(=O)NC1CCN(C(=O)C(Sc2ccc(F)cc2)c2ccccc2)CC1. The Morgan fingerprint density at radius 2 is 1.71 bits per heavy atom. The second-order valence-corrected chi connectivity index (χ2v) is 9.81. The van der Waals surface area contributed by atoms with E-state index in [1.54, 1.807) is 17.0 Å². The van der Waals surface area contributed by atoms with Gasteiger partial charge in [0.25, 0.3) is 0 Å². The van der Waals surface area contributed by atoms with Crippen molar-refractivity contribution in [2.75, 3.05) is 19.3 Å². The van der Waals surface area contributed by atoms with Gasteiger partial charge in [-0.1, -0.05) is 30.3 Å². The average molecular weight is 423 g/mol. The van der Waals surface area contributed by atoms with Crippen LogP contribution < -0.4 is 4.72 Å². The van der Waals surface area contributed by atoms with Crippen LogP contribution in [0.2, 0.25) is 0 Å². The number of benzene rings is 2. The predicted octanol–water partition coefficient (Wildman–Crippen LogP) is 3.20. The summed E-state index contributed by atoms with van der Waals surface area (Å²) in [6.07, 6.45) is 2.32. The molecule has 8 heteroatoms. The summed E-state index contributed by atoms with van der Waals surface area (Å²) in [6.45, 7) is 0.999. The first kappa shape index (κ1) is 20.8. The lowest BCUT2D eigenvalue weighted by Crippen LogP contribution is -2.47. The second kappa shape index (κ2) is 9.07. The minimum absolute atomic E-state index is 0.0154. The van der Waals surface area contributed by atoms with E-state index in [0.29, 0.717) is 25.9 Å². The first-order valence-corrected chi connectivity index (χ1v) is 11.8. The number of nitrogens with zero attached hydrogens (tertiary/aromatic N) is 1. The lowest BCUT2D eigenvalue weighted by atomic mass is 10.0. The Balaban J connectivity index is 1.73. The molecular weight excluding hydrogens is 399 g/mol. The van der Waals surface area contributed by atoms with E-state index >= 15 is 0 Å². The Morgan fingerprint density at radius 3 is 2.29 bits per heavy atom. The predicted molar refractivity (Wildman–Crippen MR) is 109 cm³/mol. The van der Waals surface area contributed by atoms with Crippen molar-refractivity contribution in [2.45, 2.75) is 29.0 Å². The van der Waals surface area contributed by atoms with Crippen LogP contribution in [-0.2, 0) is 14.8 Å². The molecule has 1 heterocycles. The molecular formula is C20H23FN2O3S2. The van der Waals surface area contributed by atoms with Crippen molar-refractivity contribution in [1.29, 1.82) is 0 Å². The zero-order valence-corrected chi connectivity index (χ0v) is 17.2. The fraction of sp³-hybridized carbons (Fsp3) is 0.350. The Kier molecular flexibility index (Phi) is 6.74. The molecule has 0 radical (unpaired) electrons. The summed E-state index contributed by atoms with van der Waals surface area (Å²) in [7, 11) is -3.25. The van der Waals surface area contributed by atoms with E-state index in [1.807, 2.05) is 30.3 Å². The molecule has 3 rings (SSSR count). The number of sulfonamides is 1. The van der Waals surface area contributed by atoms with Gasteiger partial charge in [0.15, 0.2) is 0 Å². The summed E-state index contributed by atoms with van der Waals surface area (Å²) in [6, 6.07) is 15.5. The largest absolute Gasteiger partial charge is 0.341 e. The number of carbonyl (C=O) groups is 1. The first-order valence-electron chi connectivity index (χ1n) is 9.05. The molecule has 1 N–H and O–H groups in total. The van der Waals surface area contributed by atoms with Crippen molar-refractivity contribution in [1.82, 2.24) is 9.62 Å². The Bertz CT molecular complexity index is 897. The van der Waals surface area contributed by atoms with E-state index < -0.39 is 15.3 Å². The van der Waals surface area contributed by atoms with E-state index in [9.17, 15) is 17.6 Å². The number of carbonyl (C=O) groups excluding carboxylic acids is 1. The van der Waals surface area contributed by atoms with Gasteiger partial charge in [0.05, 0.1) is 6.26 Å². The highest BCUT2D eigenvalue weighted by Crippen LogP contribution is 2.37. The van der Waals surface area contributed by atoms with Crippen LogP contribution in [0, 0.1) is 5.82 Å². The third-order valence-electron chi connectivity index (χ3n) is 4.58. The molecule has 1 amide bonds. The van der Waals surface area contributed by atoms with Crippen LogP contribution in [0.25, 0.3) is 0 Å². The molecule has 2 aromatic rings. The van der Waals surface area contributed by atoms with Gasteiger partial charge in [-0.25, -0.2) is 17.5 Å².